The number of rotatable bonds is 6. The van der Waals surface area contributed by atoms with Gasteiger partial charge in [0.25, 0.3) is 0 Å². The standard InChI is InChI=1S/C12H23NO2/c1-3-4-5-6-7-13-8-10(2)11(9-13)12(14)15/h10-11H,3-9H2,1-2H3,(H,14,15)/t10-,11-/m1/s1. The number of carboxylic acids is 1. The smallest absolute Gasteiger partial charge is 0.308 e. The zero-order chi connectivity index (χ0) is 11.3. The quantitative estimate of drug-likeness (QED) is 0.688. The van der Waals surface area contributed by atoms with Crippen LogP contribution >= 0.6 is 0 Å². The van der Waals surface area contributed by atoms with Crippen LogP contribution in [0, 0.1) is 11.8 Å². The number of hydrogen-bond donors (Lipinski definition) is 1. The summed E-state index contributed by atoms with van der Waals surface area (Å²) in [6, 6.07) is 0. The highest BCUT2D eigenvalue weighted by Crippen LogP contribution is 2.23. The SMILES string of the molecule is CCCCCCN1C[C@@H](C)[C@H](C(=O)O)C1. The molecule has 0 unspecified atom stereocenters. The van der Waals surface area contributed by atoms with E-state index in [-0.39, 0.29) is 5.92 Å². The average Bonchev–Trinajstić information content (AvgIpc) is 2.55. The minimum absolute atomic E-state index is 0.142. The molecular formula is C12H23NO2. The predicted molar refractivity (Wildman–Crippen MR) is 60.9 cm³/mol. The third-order valence-electron chi connectivity index (χ3n) is 3.33. The molecule has 0 aromatic rings. The average molecular weight is 213 g/mol. The van der Waals surface area contributed by atoms with E-state index >= 15 is 0 Å². The lowest BCUT2D eigenvalue weighted by Crippen LogP contribution is -2.24. The van der Waals surface area contributed by atoms with E-state index in [9.17, 15) is 4.79 Å². The van der Waals surface area contributed by atoms with Crippen molar-refractivity contribution in [2.24, 2.45) is 11.8 Å². The molecule has 0 radical (unpaired) electrons. The molecule has 1 aliphatic heterocycles. The molecule has 0 bridgehead atoms. The summed E-state index contributed by atoms with van der Waals surface area (Å²) in [7, 11) is 0. The summed E-state index contributed by atoms with van der Waals surface area (Å²) in [5.74, 6) is -0.455. The Morgan fingerprint density at radius 1 is 1.33 bits per heavy atom. The topological polar surface area (TPSA) is 40.5 Å². The van der Waals surface area contributed by atoms with E-state index in [2.05, 4.69) is 11.8 Å². The number of likely N-dealkylation sites (tertiary alicyclic amines) is 1. The number of carbonyl (C=O) groups is 1. The molecule has 88 valence electrons. The van der Waals surface area contributed by atoms with Crippen LogP contribution in [0.25, 0.3) is 0 Å². The summed E-state index contributed by atoms with van der Waals surface area (Å²) < 4.78 is 0. The van der Waals surface area contributed by atoms with Crippen molar-refractivity contribution in [2.75, 3.05) is 19.6 Å². The molecule has 0 aromatic heterocycles. The predicted octanol–water partition coefficient (Wildman–Crippen LogP) is 2.22. The molecule has 1 fully saturated rings. The number of unbranched alkanes of at least 4 members (excludes halogenated alkanes) is 3. The van der Waals surface area contributed by atoms with E-state index < -0.39 is 5.97 Å². The van der Waals surface area contributed by atoms with Crippen LogP contribution in [0.4, 0.5) is 0 Å². The van der Waals surface area contributed by atoms with Gasteiger partial charge in [-0.1, -0.05) is 33.1 Å². The van der Waals surface area contributed by atoms with Crippen molar-refractivity contribution in [2.45, 2.75) is 39.5 Å². The second kappa shape index (κ2) is 6.11. The summed E-state index contributed by atoms with van der Waals surface area (Å²) in [6.07, 6.45) is 5.05. The van der Waals surface area contributed by atoms with Crippen molar-refractivity contribution in [1.29, 1.82) is 0 Å². The van der Waals surface area contributed by atoms with E-state index in [1.807, 2.05) is 6.92 Å². The van der Waals surface area contributed by atoms with Crippen molar-refractivity contribution in [3.05, 3.63) is 0 Å². The number of hydrogen-bond acceptors (Lipinski definition) is 2. The molecule has 1 heterocycles. The van der Waals surface area contributed by atoms with Crippen molar-refractivity contribution in [1.82, 2.24) is 4.90 Å². The van der Waals surface area contributed by atoms with E-state index in [1.54, 1.807) is 0 Å². The van der Waals surface area contributed by atoms with Gasteiger partial charge in [0.15, 0.2) is 0 Å². The largest absolute Gasteiger partial charge is 0.481 e. The first-order valence-electron chi connectivity index (χ1n) is 6.10. The van der Waals surface area contributed by atoms with Crippen LogP contribution in [0.1, 0.15) is 39.5 Å². The lowest BCUT2D eigenvalue weighted by molar-refractivity contribution is -0.142. The Morgan fingerprint density at radius 2 is 2.07 bits per heavy atom. The van der Waals surface area contributed by atoms with E-state index in [4.69, 9.17) is 5.11 Å². The third kappa shape index (κ3) is 3.82. The van der Waals surface area contributed by atoms with Gasteiger partial charge in [0.05, 0.1) is 5.92 Å². The van der Waals surface area contributed by atoms with Gasteiger partial charge in [-0.25, -0.2) is 0 Å². The minimum Gasteiger partial charge on any atom is -0.481 e. The minimum atomic E-state index is -0.626. The van der Waals surface area contributed by atoms with Crippen molar-refractivity contribution < 1.29 is 9.90 Å². The third-order valence-corrected chi connectivity index (χ3v) is 3.33. The van der Waals surface area contributed by atoms with Crippen LogP contribution in [-0.2, 0) is 4.79 Å². The highest BCUT2D eigenvalue weighted by Gasteiger charge is 2.33. The molecule has 0 spiro atoms. The maximum Gasteiger partial charge on any atom is 0.308 e. The van der Waals surface area contributed by atoms with E-state index in [0.717, 1.165) is 19.6 Å². The summed E-state index contributed by atoms with van der Waals surface area (Å²) in [6.45, 7) is 7.04. The number of carboxylic acid groups (broad SMARTS) is 1. The zero-order valence-electron chi connectivity index (χ0n) is 9.91. The lowest BCUT2D eigenvalue weighted by Gasteiger charge is -2.14. The highest BCUT2D eigenvalue weighted by atomic mass is 16.4. The van der Waals surface area contributed by atoms with Crippen LogP contribution in [0.3, 0.4) is 0 Å². The molecule has 0 saturated carbocycles. The van der Waals surface area contributed by atoms with Crippen LogP contribution in [0.15, 0.2) is 0 Å². The Kier molecular flexibility index (Phi) is 5.09. The van der Waals surface area contributed by atoms with Crippen LogP contribution in [-0.4, -0.2) is 35.6 Å². The van der Waals surface area contributed by atoms with Gasteiger partial charge in [-0.05, 0) is 18.9 Å². The number of nitrogens with zero attached hydrogens (tertiary/aromatic N) is 1. The molecular weight excluding hydrogens is 190 g/mol. The normalized spacial score (nSPS) is 27.1. The van der Waals surface area contributed by atoms with Gasteiger partial charge in [-0.2, -0.15) is 0 Å². The first kappa shape index (κ1) is 12.5. The molecule has 3 heteroatoms. The monoisotopic (exact) mass is 213 g/mol. The fourth-order valence-electron chi connectivity index (χ4n) is 2.33. The molecule has 3 nitrogen and oxygen atoms in total. The zero-order valence-corrected chi connectivity index (χ0v) is 9.91. The Balaban J connectivity index is 2.20. The molecule has 1 saturated heterocycles. The summed E-state index contributed by atoms with van der Waals surface area (Å²) >= 11 is 0. The first-order chi connectivity index (χ1) is 7.15. The Hall–Kier alpha value is -0.570. The maximum absolute atomic E-state index is 10.9. The molecule has 1 aliphatic rings. The van der Waals surface area contributed by atoms with E-state index in [1.165, 1.54) is 25.7 Å². The second-order valence-corrected chi connectivity index (χ2v) is 4.74. The second-order valence-electron chi connectivity index (χ2n) is 4.74. The molecule has 0 aliphatic carbocycles. The fraction of sp³-hybridized carbons (Fsp3) is 0.917. The van der Waals surface area contributed by atoms with Crippen LogP contribution < -0.4 is 0 Å². The first-order valence-corrected chi connectivity index (χ1v) is 6.10. The Bertz CT molecular complexity index is 206. The lowest BCUT2D eigenvalue weighted by atomic mass is 9.99. The summed E-state index contributed by atoms with van der Waals surface area (Å²) in [4.78, 5) is 13.2. The molecule has 2 atom stereocenters. The highest BCUT2D eigenvalue weighted by molar-refractivity contribution is 5.71. The van der Waals surface area contributed by atoms with Crippen LogP contribution in [0.2, 0.25) is 0 Å². The number of aliphatic carboxylic acids is 1. The van der Waals surface area contributed by atoms with Crippen molar-refractivity contribution in [3.63, 3.8) is 0 Å². The summed E-state index contributed by atoms with van der Waals surface area (Å²) in [5, 5.41) is 8.98. The Morgan fingerprint density at radius 3 is 2.60 bits per heavy atom. The van der Waals surface area contributed by atoms with Gasteiger partial charge >= 0.3 is 5.97 Å². The van der Waals surface area contributed by atoms with Gasteiger partial charge in [0.1, 0.15) is 0 Å². The maximum atomic E-state index is 10.9. The van der Waals surface area contributed by atoms with Crippen molar-refractivity contribution >= 4 is 5.97 Å². The molecule has 0 aromatic carbocycles. The Labute approximate surface area is 92.5 Å². The van der Waals surface area contributed by atoms with Gasteiger partial charge in [0.2, 0.25) is 0 Å². The van der Waals surface area contributed by atoms with Crippen LogP contribution in [0.5, 0.6) is 0 Å². The van der Waals surface area contributed by atoms with Gasteiger partial charge in [-0.3, -0.25) is 4.79 Å². The molecule has 1 N–H and O–H groups in total. The summed E-state index contributed by atoms with van der Waals surface area (Å²) in [5.41, 5.74) is 0. The molecule has 0 amide bonds. The van der Waals surface area contributed by atoms with E-state index in [0.29, 0.717) is 5.92 Å². The van der Waals surface area contributed by atoms with Gasteiger partial charge in [0, 0.05) is 13.1 Å². The molecule has 15 heavy (non-hydrogen) atoms. The van der Waals surface area contributed by atoms with Gasteiger partial charge in [-0.15, -0.1) is 0 Å². The fourth-order valence-corrected chi connectivity index (χ4v) is 2.33. The van der Waals surface area contributed by atoms with Gasteiger partial charge < -0.3 is 10.0 Å². The van der Waals surface area contributed by atoms with Crippen molar-refractivity contribution in [3.8, 4) is 0 Å². The molecule has 1 rings (SSSR count).